The molecular weight excluding hydrogens is 488 g/mol. The third kappa shape index (κ3) is 8.11. The van der Waals surface area contributed by atoms with E-state index in [1.165, 1.54) is 10.4 Å². The number of methoxy groups -OCH3 is 1. The number of rotatable bonds is 11. The molecule has 3 aromatic rings. The van der Waals surface area contributed by atoms with Gasteiger partial charge in [0.2, 0.25) is 15.9 Å². The van der Waals surface area contributed by atoms with Gasteiger partial charge in [-0.15, -0.1) is 0 Å². The minimum atomic E-state index is -3.86. The number of aryl methyl sites for hydroxylation is 1. The van der Waals surface area contributed by atoms with Gasteiger partial charge in [-0.1, -0.05) is 63.2 Å². The summed E-state index contributed by atoms with van der Waals surface area (Å²) in [5.74, 6) is 0.0259. The van der Waals surface area contributed by atoms with Gasteiger partial charge < -0.3 is 10.1 Å². The topological polar surface area (TPSA) is 93.5 Å². The first-order valence-electron chi connectivity index (χ1n) is 12.2. The molecular formula is C28H36N4O4S. The van der Waals surface area contributed by atoms with Crippen molar-refractivity contribution in [3.8, 4) is 5.69 Å². The second kappa shape index (κ2) is 12.3. The number of hydrogen-bond acceptors (Lipinski definition) is 5. The lowest BCUT2D eigenvalue weighted by Gasteiger charge is -2.20. The number of anilines is 1. The summed E-state index contributed by atoms with van der Waals surface area (Å²) in [6.07, 6.45) is 1.98. The van der Waals surface area contributed by atoms with Gasteiger partial charge in [-0.3, -0.25) is 4.79 Å². The number of amides is 1. The summed E-state index contributed by atoms with van der Waals surface area (Å²) >= 11 is 0. The molecule has 0 aliphatic carbocycles. The van der Waals surface area contributed by atoms with Crippen LogP contribution in [-0.2, 0) is 25.0 Å². The summed E-state index contributed by atoms with van der Waals surface area (Å²) < 4.78 is 34.2. The minimum Gasteiger partial charge on any atom is -0.385 e. The van der Waals surface area contributed by atoms with Gasteiger partial charge in [0.05, 0.1) is 17.9 Å². The number of sulfonamides is 1. The van der Waals surface area contributed by atoms with E-state index in [2.05, 4.69) is 5.32 Å². The van der Waals surface area contributed by atoms with E-state index in [9.17, 15) is 13.2 Å². The van der Waals surface area contributed by atoms with Gasteiger partial charge in [0, 0.05) is 37.2 Å². The van der Waals surface area contributed by atoms with E-state index >= 15 is 0 Å². The Morgan fingerprint density at radius 1 is 1.11 bits per heavy atom. The molecule has 0 spiro atoms. The van der Waals surface area contributed by atoms with Crippen LogP contribution in [-0.4, -0.2) is 55.2 Å². The fourth-order valence-corrected chi connectivity index (χ4v) is 4.81. The Bertz CT molecular complexity index is 1330. The first-order valence-corrected chi connectivity index (χ1v) is 13.7. The van der Waals surface area contributed by atoms with Crippen molar-refractivity contribution in [1.82, 2.24) is 14.1 Å². The molecule has 198 valence electrons. The standard InChI is InChI=1S/C28H36N4O4S/c1-22-11-9-14-24(19-22)32-26(20-25(30-32)28(2,3)4)29-27(33)21-31(16-10-17-36-5)37(34,35)18-15-23-12-7-6-8-13-23/h6-9,11-15,18-20H,10,16-17,21H2,1-5H3,(H,29,33). The summed E-state index contributed by atoms with van der Waals surface area (Å²) in [5, 5.41) is 8.76. The van der Waals surface area contributed by atoms with Crippen molar-refractivity contribution in [2.24, 2.45) is 0 Å². The van der Waals surface area contributed by atoms with Gasteiger partial charge in [0.15, 0.2) is 0 Å². The molecule has 8 nitrogen and oxygen atoms in total. The Hall–Kier alpha value is -3.27. The maximum absolute atomic E-state index is 13.2. The summed E-state index contributed by atoms with van der Waals surface area (Å²) in [5.41, 5.74) is 3.18. The second-order valence-electron chi connectivity index (χ2n) is 9.90. The summed E-state index contributed by atoms with van der Waals surface area (Å²) in [4.78, 5) is 13.2. The number of aromatic nitrogens is 2. The Morgan fingerprint density at radius 3 is 2.49 bits per heavy atom. The van der Waals surface area contributed by atoms with Crippen molar-refractivity contribution >= 4 is 27.8 Å². The van der Waals surface area contributed by atoms with Gasteiger partial charge in [-0.05, 0) is 42.7 Å². The molecule has 1 amide bonds. The zero-order valence-electron chi connectivity index (χ0n) is 22.1. The average Bonchev–Trinajstić information content (AvgIpc) is 3.27. The molecule has 0 atom stereocenters. The Morgan fingerprint density at radius 2 is 1.84 bits per heavy atom. The molecule has 0 aliphatic heterocycles. The molecule has 0 bridgehead atoms. The van der Waals surface area contributed by atoms with Crippen LogP contribution in [0.3, 0.4) is 0 Å². The number of nitrogens with zero attached hydrogens (tertiary/aromatic N) is 3. The largest absolute Gasteiger partial charge is 0.385 e. The lowest BCUT2D eigenvalue weighted by molar-refractivity contribution is -0.116. The number of benzene rings is 2. The molecule has 0 saturated carbocycles. The van der Waals surface area contributed by atoms with Crippen LogP contribution < -0.4 is 5.32 Å². The zero-order valence-corrected chi connectivity index (χ0v) is 23.0. The van der Waals surface area contributed by atoms with Crippen LogP contribution in [0.4, 0.5) is 5.82 Å². The normalized spacial score (nSPS) is 12.4. The smallest absolute Gasteiger partial charge is 0.240 e. The van der Waals surface area contributed by atoms with Crippen LogP contribution in [0.25, 0.3) is 11.8 Å². The van der Waals surface area contributed by atoms with Gasteiger partial charge in [-0.25, -0.2) is 13.1 Å². The number of carbonyl (C=O) groups excluding carboxylic acids is 1. The van der Waals surface area contributed by atoms with Crippen molar-refractivity contribution in [3.05, 3.63) is 82.9 Å². The molecule has 0 unspecified atom stereocenters. The maximum atomic E-state index is 13.2. The van der Waals surface area contributed by atoms with Crippen molar-refractivity contribution in [3.63, 3.8) is 0 Å². The number of nitrogens with one attached hydrogen (secondary N) is 1. The van der Waals surface area contributed by atoms with E-state index < -0.39 is 15.9 Å². The van der Waals surface area contributed by atoms with Crippen molar-refractivity contribution in [2.45, 2.75) is 39.5 Å². The lowest BCUT2D eigenvalue weighted by Crippen LogP contribution is -2.38. The fourth-order valence-electron chi connectivity index (χ4n) is 3.63. The van der Waals surface area contributed by atoms with Crippen LogP contribution in [0.5, 0.6) is 0 Å². The van der Waals surface area contributed by atoms with Gasteiger partial charge >= 0.3 is 0 Å². The van der Waals surface area contributed by atoms with E-state index in [1.807, 2.05) is 88.4 Å². The highest BCUT2D eigenvalue weighted by atomic mass is 32.2. The highest BCUT2D eigenvalue weighted by Crippen LogP contribution is 2.26. The zero-order chi connectivity index (χ0) is 27.1. The highest BCUT2D eigenvalue weighted by Gasteiger charge is 2.25. The van der Waals surface area contributed by atoms with E-state index in [0.717, 1.165) is 27.9 Å². The fraction of sp³-hybridized carbons (Fsp3) is 0.357. The first-order chi connectivity index (χ1) is 17.5. The summed E-state index contributed by atoms with van der Waals surface area (Å²) in [6.45, 7) is 8.31. The molecule has 1 aromatic heterocycles. The van der Waals surface area contributed by atoms with Crippen molar-refractivity contribution in [2.75, 3.05) is 32.1 Å². The van der Waals surface area contributed by atoms with Gasteiger partial charge in [0.25, 0.3) is 0 Å². The van der Waals surface area contributed by atoms with Crippen LogP contribution in [0.15, 0.2) is 66.1 Å². The van der Waals surface area contributed by atoms with E-state index in [-0.39, 0.29) is 18.5 Å². The van der Waals surface area contributed by atoms with Gasteiger partial charge in [-0.2, -0.15) is 9.40 Å². The summed E-state index contributed by atoms with van der Waals surface area (Å²) in [7, 11) is -2.30. The van der Waals surface area contributed by atoms with E-state index in [4.69, 9.17) is 9.84 Å². The number of ether oxygens (including phenoxy) is 1. The SMILES string of the molecule is COCCCN(CC(=O)Nc1cc(C(C)(C)C)nn1-c1cccc(C)c1)S(=O)(=O)C=Cc1ccccc1. The predicted molar refractivity (Wildman–Crippen MR) is 148 cm³/mol. The molecule has 37 heavy (non-hydrogen) atoms. The van der Waals surface area contributed by atoms with Crippen LogP contribution in [0, 0.1) is 6.92 Å². The molecule has 1 N–H and O–H groups in total. The Kier molecular flexibility index (Phi) is 9.42. The van der Waals surface area contributed by atoms with Crippen molar-refractivity contribution in [1.29, 1.82) is 0 Å². The molecule has 1 heterocycles. The number of carbonyl (C=O) groups is 1. The summed E-state index contributed by atoms with van der Waals surface area (Å²) in [6, 6.07) is 18.8. The average molecular weight is 525 g/mol. The van der Waals surface area contributed by atoms with Gasteiger partial charge in [0.1, 0.15) is 5.82 Å². The predicted octanol–water partition coefficient (Wildman–Crippen LogP) is 4.76. The molecule has 3 rings (SSSR count). The van der Waals surface area contributed by atoms with Crippen LogP contribution in [0.1, 0.15) is 44.0 Å². The minimum absolute atomic E-state index is 0.146. The maximum Gasteiger partial charge on any atom is 0.240 e. The first kappa shape index (κ1) is 28.3. The van der Waals surface area contributed by atoms with Crippen LogP contribution >= 0.6 is 0 Å². The molecule has 0 fully saturated rings. The third-order valence-corrected chi connectivity index (χ3v) is 7.17. The highest BCUT2D eigenvalue weighted by molar-refractivity contribution is 7.92. The Labute approximate surface area is 220 Å². The molecule has 0 aliphatic rings. The second-order valence-corrected chi connectivity index (χ2v) is 11.7. The quantitative estimate of drug-likeness (QED) is 0.365. The Balaban J connectivity index is 1.86. The lowest BCUT2D eigenvalue weighted by atomic mass is 9.92. The molecule has 9 heteroatoms. The number of hydrogen-bond donors (Lipinski definition) is 1. The monoisotopic (exact) mass is 524 g/mol. The van der Waals surface area contributed by atoms with E-state index in [1.54, 1.807) is 11.8 Å². The molecule has 0 radical (unpaired) electrons. The molecule has 2 aromatic carbocycles. The van der Waals surface area contributed by atoms with Crippen molar-refractivity contribution < 1.29 is 17.9 Å². The van der Waals surface area contributed by atoms with Crippen LogP contribution in [0.2, 0.25) is 0 Å². The molecule has 0 saturated heterocycles. The third-order valence-electron chi connectivity index (χ3n) is 5.66. The van der Waals surface area contributed by atoms with E-state index in [0.29, 0.717) is 18.8 Å².